The largest absolute Gasteiger partial charge is 0.457 e. The molecule has 7 heteroatoms. The zero-order valence-electron chi connectivity index (χ0n) is 16.5. The van der Waals surface area contributed by atoms with E-state index in [-0.39, 0.29) is 18.1 Å². The lowest BCUT2D eigenvalue weighted by molar-refractivity contribution is -0.139. The van der Waals surface area contributed by atoms with Gasteiger partial charge in [-0.05, 0) is 18.9 Å². The number of carbonyl (C=O) groups is 2. The van der Waals surface area contributed by atoms with E-state index in [0.29, 0.717) is 17.3 Å². The summed E-state index contributed by atoms with van der Waals surface area (Å²) < 4.78 is 7.09. The van der Waals surface area contributed by atoms with Crippen molar-refractivity contribution in [3.63, 3.8) is 0 Å². The number of hydrogen-bond acceptors (Lipinski definition) is 6. The minimum Gasteiger partial charge on any atom is -0.457 e. The zero-order valence-corrected chi connectivity index (χ0v) is 17.3. The third-order valence-corrected chi connectivity index (χ3v) is 5.37. The van der Waals surface area contributed by atoms with Crippen molar-refractivity contribution in [2.75, 3.05) is 12.4 Å². The first kappa shape index (κ1) is 20.8. The maximum atomic E-state index is 12.2. The Hall–Kier alpha value is -2.93. The number of Topliss-reactive ketones (excluding diaryl/α,β-unsaturated/α-hetero) is 1. The molecule has 3 aromatic rings. The van der Waals surface area contributed by atoms with Crippen LogP contribution in [0, 0.1) is 0 Å². The summed E-state index contributed by atoms with van der Waals surface area (Å²) in [4.78, 5) is 24.2. The Morgan fingerprint density at radius 2 is 1.72 bits per heavy atom. The summed E-state index contributed by atoms with van der Waals surface area (Å²) in [5.41, 5.74) is 2.67. The highest BCUT2D eigenvalue weighted by molar-refractivity contribution is 7.99. The van der Waals surface area contributed by atoms with Gasteiger partial charge < -0.3 is 9.30 Å². The molecule has 0 spiro atoms. The van der Waals surface area contributed by atoms with Crippen molar-refractivity contribution in [3.8, 4) is 11.4 Å². The minimum atomic E-state index is -0.458. The second-order valence-electron chi connectivity index (χ2n) is 6.34. The number of thioether (sulfide) groups is 1. The van der Waals surface area contributed by atoms with Gasteiger partial charge in [-0.25, -0.2) is 0 Å². The van der Waals surface area contributed by atoms with Gasteiger partial charge in [0.05, 0.1) is 5.75 Å². The Kier molecular flexibility index (Phi) is 7.19. The molecule has 0 saturated heterocycles. The monoisotopic (exact) mass is 409 g/mol. The van der Waals surface area contributed by atoms with Gasteiger partial charge in [-0.15, -0.1) is 10.2 Å². The van der Waals surface area contributed by atoms with Gasteiger partial charge in [-0.3, -0.25) is 9.59 Å². The van der Waals surface area contributed by atoms with E-state index in [9.17, 15) is 9.59 Å². The summed E-state index contributed by atoms with van der Waals surface area (Å²) in [7, 11) is 0. The van der Waals surface area contributed by atoms with Crippen LogP contribution in [0.3, 0.4) is 0 Å². The summed E-state index contributed by atoms with van der Waals surface area (Å²) in [6.07, 6.45) is 0.912. The second-order valence-corrected chi connectivity index (χ2v) is 7.28. The Morgan fingerprint density at radius 1 is 1.00 bits per heavy atom. The number of esters is 1. The van der Waals surface area contributed by atoms with Crippen LogP contribution >= 0.6 is 11.8 Å². The van der Waals surface area contributed by atoms with Crippen LogP contribution in [0.5, 0.6) is 0 Å². The van der Waals surface area contributed by atoms with Crippen LogP contribution in [0.4, 0.5) is 0 Å². The van der Waals surface area contributed by atoms with Gasteiger partial charge in [0.2, 0.25) is 0 Å². The first-order valence-electron chi connectivity index (χ1n) is 9.51. The molecule has 0 aliphatic carbocycles. The summed E-state index contributed by atoms with van der Waals surface area (Å²) >= 11 is 1.25. The standard InChI is InChI=1S/C22H23N3O3S/c1-3-16-10-12-17(13-11-16)19(26)14-28-20(27)15-29-22-24-23-21(25(22)4-2)18-8-6-5-7-9-18/h5-13H,3-4,14-15H2,1-2H3. The van der Waals surface area contributed by atoms with Crippen LogP contribution in [0.15, 0.2) is 59.8 Å². The molecule has 0 unspecified atom stereocenters. The number of aromatic nitrogens is 3. The van der Waals surface area contributed by atoms with Crippen LogP contribution in [-0.2, 0) is 22.5 Å². The number of hydrogen-bond donors (Lipinski definition) is 0. The first-order valence-corrected chi connectivity index (χ1v) is 10.5. The van der Waals surface area contributed by atoms with Crippen molar-refractivity contribution in [3.05, 3.63) is 65.7 Å². The highest BCUT2D eigenvalue weighted by atomic mass is 32.2. The maximum absolute atomic E-state index is 12.2. The lowest BCUT2D eigenvalue weighted by Gasteiger charge is -2.07. The molecule has 0 bridgehead atoms. The summed E-state index contributed by atoms with van der Waals surface area (Å²) in [5.74, 6) is 0.152. The fourth-order valence-electron chi connectivity index (χ4n) is 2.80. The van der Waals surface area contributed by atoms with Gasteiger partial charge in [-0.1, -0.05) is 73.3 Å². The molecule has 29 heavy (non-hydrogen) atoms. The lowest BCUT2D eigenvalue weighted by atomic mass is 10.1. The lowest BCUT2D eigenvalue weighted by Crippen LogP contribution is -2.16. The minimum absolute atomic E-state index is 0.0645. The Balaban J connectivity index is 1.54. The number of carbonyl (C=O) groups excluding carboxylic acids is 2. The fourth-order valence-corrected chi connectivity index (χ4v) is 3.60. The molecule has 3 rings (SSSR count). The highest BCUT2D eigenvalue weighted by Crippen LogP contribution is 2.23. The van der Waals surface area contributed by atoms with Crippen molar-refractivity contribution in [2.45, 2.75) is 32.0 Å². The molecule has 2 aromatic carbocycles. The molecular weight excluding hydrogens is 386 g/mol. The van der Waals surface area contributed by atoms with Gasteiger partial charge in [0.25, 0.3) is 0 Å². The molecule has 0 fully saturated rings. The first-order chi connectivity index (χ1) is 14.1. The van der Waals surface area contributed by atoms with E-state index in [4.69, 9.17) is 4.74 Å². The summed E-state index contributed by atoms with van der Waals surface area (Å²) in [5, 5.41) is 9.09. The van der Waals surface area contributed by atoms with Gasteiger partial charge in [0.15, 0.2) is 23.4 Å². The molecule has 0 amide bonds. The molecule has 0 N–H and O–H groups in total. The quantitative estimate of drug-likeness (QED) is 0.302. The van der Waals surface area contributed by atoms with Crippen LogP contribution in [-0.4, -0.2) is 38.9 Å². The Morgan fingerprint density at radius 3 is 2.38 bits per heavy atom. The highest BCUT2D eigenvalue weighted by Gasteiger charge is 2.16. The zero-order chi connectivity index (χ0) is 20.6. The molecule has 0 aliphatic rings. The predicted molar refractivity (Wildman–Crippen MR) is 113 cm³/mol. The number of ether oxygens (including phenoxy) is 1. The second kappa shape index (κ2) is 10.0. The molecule has 150 valence electrons. The molecule has 6 nitrogen and oxygen atoms in total. The van der Waals surface area contributed by atoms with E-state index >= 15 is 0 Å². The van der Waals surface area contributed by atoms with Crippen molar-refractivity contribution < 1.29 is 14.3 Å². The van der Waals surface area contributed by atoms with Crippen molar-refractivity contribution >= 4 is 23.5 Å². The molecular formula is C22H23N3O3S. The van der Waals surface area contributed by atoms with E-state index in [1.54, 1.807) is 12.1 Å². The maximum Gasteiger partial charge on any atom is 0.316 e. The molecule has 0 aliphatic heterocycles. The molecule has 1 heterocycles. The number of rotatable bonds is 9. The van der Waals surface area contributed by atoms with Crippen molar-refractivity contribution in [2.24, 2.45) is 0 Å². The van der Waals surface area contributed by atoms with E-state index in [1.807, 2.05) is 54.0 Å². The third-order valence-electron chi connectivity index (χ3n) is 4.43. The van der Waals surface area contributed by atoms with Crippen LogP contribution in [0.1, 0.15) is 29.8 Å². The number of ketones is 1. The number of aryl methyl sites for hydroxylation is 1. The van der Waals surface area contributed by atoms with Crippen molar-refractivity contribution in [1.29, 1.82) is 0 Å². The Labute approximate surface area is 174 Å². The normalized spacial score (nSPS) is 10.7. The Bertz CT molecular complexity index is 969. The van der Waals surface area contributed by atoms with Crippen LogP contribution in [0.2, 0.25) is 0 Å². The van der Waals surface area contributed by atoms with E-state index in [1.165, 1.54) is 11.8 Å². The van der Waals surface area contributed by atoms with Gasteiger partial charge in [0.1, 0.15) is 0 Å². The SMILES string of the molecule is CCc1ccc(C(=O)COC(=O)CSc2nnc(-c3ccccc3)n2CC)cc1. The van der Waals surface area contributed by atoms with E-state index in [2.05, 4.69) is 17.1 Å². The fraction of sp³-hybridized carbons (Fsp3) is 0.273. The van der Waals surface area contributed by atoms with E-state index in [0.717, 1.165) is 23.4 Å². The smallest absolute Gasteiger partial charge is 0.316 e. The molecule has 0 radical (unpaired) electrons. The van der Waals surface area contributed by atoms with Crippen molar-refractivity contribution in [1.82, 2.24) is 14.8 Å². The summed E-state index contributed by atoms with van der Waals surface area (Å²) in [6, 6.07) is 17.1. The molecule has 0 atom stereocenters. The number of nitrogens with zero attached hydrogens (tertiary/aromatic N) is 3. The molecule has 0 saturated carbocycles. The predicted octanol–water partition coefficient (Wildman–Crippen LogP) is 4.05. The summed E-state index contributed by atoms with van der Waals surface area (Å²) in [6.45, 7) is 4.47. The van der Waals surface area contributed by atoms with Gasteiger partial charge in [-0.2, -0.15) is 0 Å². The van der Waals surface area contributed by atoms with Gasteiger partial charge >= 0.3 is 5.97 Å². The van der Waals surface area contributed by atoms with Crippen LogP contribution < -0.4 is 0 Å². The van der Waals surface area contributed by atoms with E-state index < -0.39 is 5.97 Å². The average Bonchev–Trinajstić information content (AvgIpc) is 3.19. The average molecular weight is 410 g/mol. The number of benzene rings is 2. The topological polar surface area (TPSA) is 74.1 Å². The van der Waals surface area contributed by atoms with Crippen LogP contribution in [0.25, 0.3) is 11.4 Å². The molecule has 1 aromatic heterocycles. The van der Waals surface area contributed by atoms with Gasteiger partial charge in [0, 0.05) is 17.7 Å². The third kappa shape index (κ3) is 5.32.